The van der Waals surface area contributed by atoms with Crippen molar-refractivity contribution in [1.29, 1.82) is 0 Å². The van der Waals surface area contributed by atoms with Crippen molar-refractivity contribution < 1.29 is 9.90 Å². The summed E-state index contributed by atoms with van der Waals surface area (Å²) in [5.41, 5.74) is 0.920. The Hall–Kier alpha value is -1.29. The van der Waals surface area contributed by atoms with Gasteiger partial charge in [0.15, 0.2) is 0 Å². The number of rotatable bonds is 1. The first kappa shape index (κ1) is 10.2. The fourth-order valence-electron chi connectivity index (χ4n) is 1.80. The van der Waals surface area contributed by atoms with Crippen molar-refractivity contribution in [3.8, 4) is 0 Å². The third-order valence-electron chi connectivity index (χ3n) is 2.63. The van der Waals surface area contributed by atoms with E-state index in [-0.39, 0.29) is 5.92 Å². The van der Waals surface area contributed by atoms with Crippen LogP contribution in [0.4, 0.5) is 4.79 Å². The Balaban J connectivity index is 2.07. The molecular weight excluding hydrogens is 216 g/mol. The van der Waals surface area contributed by atoms with Crippen molar-refractivity contribution in [2.24, 2.45) is 0 Å². The molecule has 0 radical (unpaired) electrons. The maximum Gasteiger partial charge on any atom is 0.407 e. The molecule has 1 atom stereocenters. The van der Waals surface area contributed by atoms with Crippen molar-refractivity contribution in [2.75, 3.05) is 13.1 Å². The highest BCUT2D eigenvalue weighted by Gasteiger charge is 2.27. The summed E-state index contributed by atoms with van der Waals surface area (Å²) < 4.78 is 0. The van der Waals surface area contributed by atoms with Crippen LogP contribution in [0.5, 0.6) is 0 Å². The summed E-state index contributed by atoms with van der Waals surface area (Å²) in [6, 6.07) is 3.64. The minimum atomic E-state index is -0.855. The van der Waals surface area contributed by atoms with Crippen LogP contribution in [0.1, 0.15) is 18.0 Å². The lowest BCUT2D eigenvalue weighted by Crippen LogP contribution is -2.26. The molecule has 1 N–H and O–H groups in total. The van der Waals surface area contributed by atoms with Gasteiger partial charge in [0, 0.05) is 30.9 Å². The molecule has 15 heavy (non-hydrogen) atoms. The van der Waals surface area contributed by atoms with Crippen LogP contribution in [0.25, 0.3) is 0 Å². The van der Waals surface area contributed by atoms with Crippen LogP contribution in [0, 0.1) is 0 Å². The van der Waals surface area contributed by atoms with Crippen LogP contribution in [0.2, 0.25) is 5.02 Å². The molecule has 1 aromatic rings. The molecule has 0 spiro atoms. The highest BCUT2D eigenvalue weighted by atomic mass is 35.5. The van der Waals surface area contributed by atoms with Gasteiger partial charge in [0.25, 0.3) is 0 Å². The summed E-state index contributed by atoms with van der Waals surface area (Å²) in [4.78, 5) is 16.3. The maximum atomic E-state index is 10.7. The van der Waals surface area contributed by atoms with Crippen molar-refractivity contribution in [2.45, 2.75) is 12.3 Å². The molecule has 1 aromatic heterocycles. The molecule has 1 saturated heterocycles. The van der Waals surface area contributed by atoms with Crippen molar-refractivity contribution in [1.82, 2.24) is 9.88 Å². The molecule has 80 valence electrons. The van der Waals surface area contributed by atoms with Gasteiger partial charge in [-0.15, -0.1) is 0 Å². The summed E-state index contributed by atoms with van der Waals surface area (Å²) >= 11 is 5.73. The van der Waals surface area contributed by atoms with Gasteiger partial charge in [0.05, 0.1) is 5.02 Å². The molecule has 1 unspecified atom stereocenters. The molecule has 5 heteroatoms. The second kappa shape index (κ2) is 4.06. The number of pyridine rings is 1. The minimum Gasteiger partial charge on any atom is -0.465 e. The van der Waals surface area contributed by atoms with Crippen LogP contribution >= 0.6 is 11.6 Å². The first-order chi connectivity index (χ1) is 7.16. The topological polar surface area (TPSA) is 53.4 Å². The molecule has 0 aromatic carbocycles. The number of aromatic nitrogens is 1. The first-order valence-corrected chi connectivity index (χ1v) is 5.14. The van der Waals surface area contributed by atoms with E-state index >= 15 is 0 Å². The predicted octanol–water partition coefficient (Wildman–Crippen LogP) is 2.20. The Morgan fingerprint density at radius 2 is 2.40 bits per heavy atom. The molecule has 1 fully saturated rings. The van der Waals surface area contributed by atoms with Gasteiger partial charge in [-0.25, -0.2) is 4.79 Å². The normalized spacial score (nSPS) is 20.6. The minimum absolute atomic E-state index is 0.207. The van der Waals surface area contributed by atoms with Crippen LogP contribution in [0.3, 0.4) is 0 Å². The van der Waals surface area contributed by atoms with Gasteiger partial charge in [-0.2, -0.15) is 0 Å². The van der Waals surface area contributed by atoms with E-state index in [1.807, 2.05) is 6.07 Å². The Bertz CT molecular complexity index is 366. The van der Waals surface area contributed by atoms with E-state index in [2.05, 4.69) is 4.98 Å². The van der Waals surface area contributed by atoms with Gasteiger partial charge in [0.2, 0.25) is 0 Å². The molecular formula is C10H11ClN2O2. The number of hydrogen-bond acceptors (Lipinski definition) is 2. The van der Waals surface area contributed by atoms with Crippen LogP contribution in [-0.2, 0) is 0 Å². The number of carboxylic acid groups (broad SMARTS) is 1. The lowest BCUT2D eigenvalue weighted by Gasteiger charge is -2.11. The number of halogens is 1. The van der Waals surface area contributed by atoms with Gasteiger partial charge in [0.1, 0.15) is 0 Å². The van der Waals surface area contributed by atoms with E-state index in [4.69, 9.17) is 16.7 Å². The zero-order chi connectivity index (χ0) is 10.8. The van der Waals surface area contributed by atoms with Crippen LogP contribution < -0.4 is 0 Å². The monoisotopic (exact) mass is 226 g/mol. The molecule has 2 heterocycles. The van der Waals surface area contributed by atoms with E-state index in [1.54, 1.807) is 12.3 Å². The number of hydrogen-bond donors (Lipinski definition) is 1. The van der Waals surface area contributed by atoms with Crippen molar-refractivity contribution in [3.63, 3.8) is 0 Å². The van der Waals surface area contributed by atoms with E-state index in [9.17, 15) is 4.79 Å². The standard InChI is InChI=1S/C10H11ClN2O2/c11-8-1-2-9(12-5-8)7-3-4-13(6-7)10(14)15/h1-2,5,7H,3-4,6H2,(H,14,15). The smallest absolute Gasteiger partial charge is 0.407 e. The number of amides is 1. The fraction of sp³-hybridized carbons (Fsp3) is 0.400. The van der Waals surface area contributed by atoms with Crippen molar-refractivity contribution >= 4 is 17.7 Å². The third-order valence-corrected chi connectivity index (χ3v) is 2.85. The van der Waals surface area contributed by atoms with Gasteiger partial charge < -0.3 is 10.0 Å². The number of carbonyl (C=O) groups is 1. The highest BCUT2D eigenvalue weighted by Crippen LogP contribution is 2.26. The maximum absolute atomic E-state index is 10.7. The van der Waals surface area contributed by atoms with E-state index in [1.165, 1.54) is 4.90 Å². The quantitative estimate of drug-likeness (QED) is 0.799. The number of nitrogens with zero attached hydrogens (tertiary/aromatic N) is 2. The summed E-state index contributed by atoms with van der Waals surface area (Å²) in [5.74, 6) is 0.207. The highest BCUT2D eigenvalue weighted by molar-refractivity contribution is 6.30. The molecule has 1 aliphatic rings. The Morgan fingerprint density at radius 3 is 2.93 bits per heavy atom. The Kier molecular flexibility index (Phi) is 2.77. The lowest BCUT2D eigenvalue weighted by molar-refractivity contribution is 0.155. The first-order valence-electron chi connectivity index (χ1n) is 4.76. The zero-order valence-corrected chi connectivity index (χ0v) is 8.81. The molecule has 0 saturated carbocycles. The number of likely N-dealkylation sites (tertiary alicyclic amines) is 1. The summed E-state index contributed by atoms with van der Waals surface area (Å²) in [6.07, 6.45) is 1.58. The lowest BCUT2D eigenvalue weighted by atomic mass is 10.0. The summed E-state index contributed by atoms with van der Waals surface area (Å²) in [7, 11) is 0. The summed E-state index contributed by atoms with van der Waals surface area (Å²) in [5, 5.41) is 9.41. The molecule has 0 bridgehead atoms. The van der Waals surface area contributed by atoms with Crippen molar-refractivity contribution in [3.05, 3.63) is 29.0 Å². The van der Waals surface area contributed by atoms with Gasteiger partial charge in [-0.3, -0.25) is 4.98 Å². The van der Waals surface area contributed by atoms with E-state index < -0.39 is 6.09 Å². The average Bonchev–Trinajstić information content (AvgIpc) is 2.68. The Morgan fingerprint density at radius 1 is 1.60 bits per heavy atom. The molecule has 1 aliphatic heterocycles. The summed E-state index contributed by atoms with van der Waals surface area (Å²) in [6.45, 7) is 1.12. The average molecular weight is 227 g/mol. The second-order valence-electron chi connectivity index (χ2n) is 3.62. The fourth-order valence-corrected chi connectivity index (χ4v) is 1.92. The molecule has 2 rings (SSSR count). The van der Waals surface area contributed by atoms with Gasteiger partial charge in [-0.05, 0) is 18.6 Å². The molecule has 1 amide bonds. The van der Waals surface area contributed by atoms with E-state index in [0.717, 1.165) is 12.1 Å². The van der Waals surface area contributed by atoms with Crippen LogP contribution in [-0.4, -0.2) is 34.2 Å². The molecule has 0 aliphatic carbocycles. The van der Waals surface area contributed by atoms with E-state index in [0.29, 0.717) is 18.1 Å². The van der Waals surface area contributed by atoms with Gasteiger partial charge >= 0.3 is 6.09 Å². The third kappa shape index (κ3) is 2.21. The predicted molar refractivity (Wildman–Crippen MR) is 56.2 cm³/mol. The van der Waals surface area contributed by atoms with Gasteiger partial charge in [-0.1, -0.05) is 11.6 Å². The van der Waals surface area contributed by atoms with Crippen LogP contribution in [0.15, 0.2) is 18.3 Å². The largest absolute Gasteiger partial charge is 0.465 e. The second-order valence-corrected chi connectivity index (χ2v) is 4.05. The Labute approximate surface area is 92.5 Å². The SMILES string of the molecule is O=C(O)N1CCC(c2ccc(Cl)cn2)C1. The zero-order valence-electron chi connectivity index (χ0n) is 8.06. The molecule has 4 nitrogen and oxygen atoms in total.